The van der Waals surface area contributed by atoms with Crippen molar-refractivity contribution < 1.29 is 19.4 Å². The van der Waals surface area contributed by atoms with E-state index in [1.807, 2.05) is 6.92 Å². The van der Waals surface area contributed by atoms with Crippen LogP contribution in [0.3, 0.4) is 0 Å². The minimum Gasteiger partial charge on any atom is -0.504 e. The molecule has 0 fully saturated rings. The van der Waals surface area contributed by atoms with Crippen LogP contribution in [0.1, 0.15) is 32.8 Å². The molecular formula is C15H21N3O4. The molecule has 1 rings (SSSR count). The van der Waals surface area contributed by atoms with Crippen molar-refractivity contribution in [3.8, 4) is 11.5 Å². The zero-order valence-corrected chi connectivity index (χ0v) is 12.9. The second-order valence-electron chi connectivity index (χ2n) is 4.64. The monoisotopic (exact) mass is 307 g/mol. The number of rotatable bonds is 6. The first-order chi connectivity index (χ1) is 10.5. The van der Waals surface area contributed by atoms with Gasteiger partial charge in [-0.05, 0) is 44.0 Å². The van der Waals surface area contributed by atoms with E-state index in [9.17, 15) is 14.7 Å². The average molecular weight is 307 g/mol. The van der Waals surface area contributed by atoms with Crippen LogP contribution in [-0.4, -0.2) is 35.8 Å². The number of carbonyl (C=O) groups excluding carboxylic acids is 2. The number of phenols is 1. The zero-order valence-electron chi connectivity index (χ0n) is 12.9. The fourth-order valence-corrected chi connectivity index (χ4v) is 1.49. The Hall–Kier alpha value is -2.57. The van der Waals surface area contributed by atoms with E-state index in [0.29, 0.717) is 17.9 Å². The maximum atomic E-state index is 11.5. The summed E-state index contributed by atoms with van der Waals surface area (Å²) in [5, 5.41) is 15.8. The van der Waals surface area contributed by atoms with Gasteiger partial charge in [0.1, 0.15) is 0 Å². The van der Waals surface area contributed by atoms with E-state index in [-0.39, 0.29) is 11.8 Å². The van der Waals surface area contributed by atoms with E-state index in [0.717, 1.165) is 6.42 Å². The summed E-state index contributed by atoms with van der Waals surface area (Å²) in [7, 11) is 0. The number of carbonyl (C=O) groups is 2. The summed E-state index contributed by atoms with van der Waals surface area (Å²) in [6, 6.07) is 4.57. The second-order valence-corrected chi connectivity index (χ2v) is 4.64. The lowest BCUT2D eigenvalue weighted by molar-refractivity contribution is -0.139. The molecule has 1 aromatic carbocycles. The number of hydrogen-bond acceptors (Lipinski definition) is 5. The molecule has 0 heterocycles. The maximum Gasteiger partial charge on any atom is 0.329 e. The number of nitrogens with one attached hydrogen (secondary N) is 2. The van der Waals surface area contributed by atoms with Crippen molar-refractivity contribution in [1.82, 2.24) is 10.7 Å². The normalized spacial score (nSPS) is 12.0. The van der Waals surface area contributed by atoms with Gasteiger partial charge in [-0.25, -0.2) is 5.43 Å². The lowest BCUT2D eigenvalue weighted by Crippen LogP contribution is -2.41. The van der Waals surface area contributed by atoms with Crippen molar-refractivity contribution in [2.75, 3.05) is 6.61 Å². The van der Waals surface area contributed by atoms with Crippen LogP contribution in [-0.2, 0) is 9.59 Å². The Morgan fingerprint density at radius 1 is 1.36 bits per heavy atom. The van der Waals surface area contributed by atoms with Crippen molar-refractivity contribution in [3.05, 3.63) is 23.8 Å². The van der Waals surface area contributed by atoms with E-state index in [1.165, 1.54) is 12.3 Å². The summed E-state index contributed by atoms with van der Waals surface area (Å²) in [6.45, 7) is 5.93. The van der Waals surface area contributed by atoms with Crippen LogP contribution in [0.4, 0.5) is 0 Å². The van der Waals surface area contributed by atoms with E-state index >= 15 is 0 Å². The number of hydrogen-bond donors (Lipinski definition) is 3. The van der Waals surface area contributed by atoms with Crippen LogP contribution in [0.2, 0.25) is 0 Å². The molecule has 0 saturated heterocycles. The molecule has 2 amide bonds. The molecule has 0 radical (unpaired) electrons. The predicted octanol–water partition coefficient (Wildman–Crippen LogP) is 1.16. The predicted molar refractivity (Wildman–Crippen MR) is 82.9 cm³/mol. The number of hydrazone groups is 1. The number of nitrogens with zero attached hydrogens (tertiary/aromatic N) is 1. The molecule has 0 aliphatic rings. The van der Waals surface area contributed by atoms with Crippen LogP contribution in [0.15, 0.2) is 23.3 Å². The lowest BCUT2D eigenvalue weighted by atomic mass is 10.2. The molecule has 7 heteroatoms. The molecule has 0 aliphatic heterocycles. The SMILES string of the molecule is CCOc1cc(/C=N\NC(=O)C(=O)N[C@@H](C)CC)ccc1O. The topological polar surface area (TPSA) is 100 Å². The van der Waals surface area contributed by atoms with E-state index in [2.05, 4.69) is 15.8 Å². The Morgan fingerprint density at radius 3 is 2.73 bits per heavy atom. The van der Waals surface area contributed by atoms with Gasteiger partial charge in [0.15, 0.2) is 11.5 Å². The molecule has 3 N–H and O–H groups in total. The number of phenolic OH excluding ortho intramolecular Hbond substituents is 1. The molecule has 120 valence electrons. The first-order valence-corrected chi connectivity index (χ1v) is 7.07. The smallest absolute Gasteiger partial charge is 0.329 e. The van der Waals surface area contributed by atoms with Crippen molar-refractivity contribution in [2.24, 2.45) is 5.10 Å². The summed E-state index contributed by atoms with van der Waals surface area (Å²) >= 11 is 0. The van der Waals surface area contributed by atoms with Gasteiger partial charge in [-0.3, -0.25) is 9.59 Å². The molecule has 0 aliphatic carbocycles. The summed E-state index contributed by atoms with van der Waals surface area (Å²) in [5.41, 5.74) is 2.76. The number of ether oxygens (including phenoxy) is 1. The van der Waals surface area contributed by atoms with E-state index in [1.54, 1.807) is 26.0 Å². The van der Waals surface area contributed by atoms with Gasteiger partial charge in [-0.1, -0.05) is 6.92 Å². The van der Waals surface area contributed by atoms with Crippen LogP contribution in [0.25, 0.3) is 0 Å². The highest BCUT2D eigenvalue weighted by Crippen LogP contribution is 2.26. The Labute approximate surface area is 129 Å². The molecule has 0 saturated carbocycles. The second kappa shape index (κ2) is 8.66. The maximum absolute atomic E-state index is 11.5. The Morgan fingerprint density at radius 2 is 2.09 bits per heavy atom. The highest BCUT2D eigenvalue weighted by atomic mass is 16.5. The van der Waals surface area contributed by atoms with Crippen molar-refractivity contribution in [3.63, 3.8) is 0 Å². The van der Waals surface area contributed by atoms with Crippen LogP contribution >= 0.6 is 0 Å². The lowest BCUT2D eigenvalue weighted by Gasteiger charge is -2.09. The Bertz CT molecular complexity index is 558. The van der Waals surface area contributed by atoms with Crippen LogP contribution in [0, 0.1) is 0 Å². The standard InChI is InChI=1S/C15H21N3O4/c1-4-10(3)17-14(20)15(21)18-16-9-11-6-7-12(19)13(8-11)22-5-2/h6-10,19H,4-5H2,1-3H3,(H,17,20)(H,18,21)/b16-9-/t10-/m0/s1. The molecule has 1 atom stereocenters. The third-order valence-corrected chi connectivity index (χ3v) is 2.86. The van der Waals surface area contributed by atoms with Crippen LogP contribution < -0.4 is 15.5 Å². The fraction of sp³-hybridized carbons (Fsp3) is 0.400. The highest BCUT2D eigenvalue weighted by Gasteiger charge is 2.14. The van der Waals surface area contributed by atoms with Gasteiger partial charge in [0, 0.05) is 6.04 Å². The quantitative estimate of drug-likeness (QED) is 0.417. The fourth-order valence-electron chi connectivity index (χ4n) is 1.49. The molecule has 1 aromatic rings. The first-order valence-electron chi connectivity index (χ1n) is 7.07. The van der Waals surface area contributed by atoms with Crippen molar-refractivity contribution in [1.29, 1.82) is 0 Å². The zero-order chi connectivity index (χ0) is 16.5. The van der Waals surface area contributed by atoms with Gasteiger partial charge >= 0.3 is 11.8 Å². The van der Waals surface area contributed by atoms with Gasteiger partial charge in [0.25, 0.3) is 0 Å². The molecule has 7 nitrogen and oxygen atoms in total. The summed E-state index contributed by atoms with van der Waals surface area (Å²) in [4.78, 5) is 23.0. The van der Waals surface area contributed by atoms with E-state index < -0.39 is 11.8 Å². The van der Waals surface area contributed by atoms with Crippen molar-refractivity contribution in [2.45, 2.75) is 33.2 Å². The molecule has 0 bridgehead atoms. The summed E-state index contributed by atoms with van der Waals surface area (Å²) < 4.78 is 5.24. The van der Waals surface area contributed by atoms with Gasteiger partial charge in [0.05, 0.1) is 12.8 Å². The Balaban J connectivity index is 2.60. The molecule has 0 aromatic heterocycles. The number of aromatic hydroxyl groups is 1. The minimum absolute atomic E-state index is 0.0240. The number of benzene rings is 1. The Kier molecular flexibility index (Phi) is 6.88. The molecule has 22 heavy (non-hydrogen) atoms. The van der Waals surface area contributed by atoms with Gasteiger partial charge in [-0.2, -0.15) is 5.10 Å². The first kappa shape index (κ1) is 17.5. The highest BCUT2D eigenvalue weighted by molar-refractivity contribution is 6.35. The van der Waals surface area contributed by atoms with Gasteiger partial charge in [0.2, 0.25) is 0 Å². The van der Waals surface area contributed by atoms with Crippen LogP contribution in [0.5, 0.6) is 11.5 Å². The molecule has 0 unspecified atom stereocenters. The molecule has 0 spiro atoms. The summed E-state index contributed by atoms with van der Waals surface area (Å²) in [6.07, 6.45) is 2.09. The van der Waals surface area contributed by atoms with Crippen molar-refractivity contribution >= 4 is 18.0 Å². The minimum atomic E-state index is -0.833. The average Bonchev–Trinajstić information content (AvgIpc) is 2.50. The molecular weight excluding hydrogens is 286 g/mol. The summed E-state index contributed by atoms with van der Waals surface area (Å²) in [5.74, 6) is -1.21. The third kappa shape index (κ3) is 5.43. The van der Waals surface area contributed by atoms with E-state index in [4.69, 9.17) is 4.74 Å². The third-order valence-electron chi connectivity index (χ3n) is 2.86. The van der Waals surface area contributed by atoms with Gasteiger partial charge < -0.3 is 15.2 Å². The largest absolute Gasteiger partial charge is 0.504 e. The number of amides is 2. The van der Waals surface area contributed by atoms with Gasteiger partial charge in [-0.15, -0.1) is 0 Å².